The molecule has 6 nitrogen and oxygen atoms in total. The Labute approximate surface area is 236 Å². The third-order valence-corrected chi connectivity index (χ3v) is 8.26. The summed E-state index contributed by atoms with van der Waals surface area (Å²) < 4.78 is 0. The third kappa shape index (κ3) is 4.78. The Kier molecular flexibility index (Phi) is 7.74. The first-order valence-corrected chi connectivity index (χ1v) is 13.9. The van der Waals surface area contributed by atoms with Crippen molar-refractivity contribution in [1.82, 2.24) is 0 Å². The fourth-order valence-corrected chi connectivity index (χ4v) is 5.97. The van der Waals surface area contributed by atoms with Gasteiger partial charge in [0.05, 0.1) is 0 Å². The smallest absolute Gasteiger partial charge is 0.121 e. The molecule has 40 heavy (non-hydrogen) atoms. The van der Waals surface area contributed by atoms with Crippen LogP contribution in [-0.4, -0.2) is 35.5 Å². The van der Waals surface area contributed by atoms with Crippen molar-refractivity contribution in [3.05, 3.63) is 107 Å². The molecule has 0 aromatic heterocycles. The van der Waals surface area contributed by atoms with Crippen LogP contribution in [0.2, 0.25) is 0 Å². The Hall–Kier alpha value is -4.00. The summed E-state index contributed by atoms with van der Waals surface area (Å²) >= 11 is 0. The minimum Gasteiger partial charge on any atom is -0.851 e. The van der Waals surface area contributed by atoms with Crippen molar-refractivity contribution in [2.75, 3.05) is 22.9 Å². The average molecular weight is 537 g/mol. The molecule has 0 bridgehead atoms. The van der Waals surface area contributed by atoms with Crippen molar-refractivity contribution in [3.8, 4) is 11.5 Å². The van der Waals surface area contributed by atoms with E-state index in [2.05, 4.69) is 9.80 Å². The summed E-state index contributed by atoms with van der Waals surface area (Å²) in [5.74, 6) is -1.87. The van der Waals surface area contributed by atoms with Crippen LogP contribution in [0.25, 0.3) is 0 Å². The molecule has 1 aliphatic rings. The second-order valence-electron chi connectivity index (χ2n) is 10.5. The molecule has 1 saturated carbocycles. The van der Waals surface area contributed by atoms with Gasteiger partial charge in [-0.15, -0.1) is 12.2 Å². The quantitative estimate of drug-likeness (QED) is 0.315. The zero-order chi connectivity index (χ0) is 28.6. The molecule has 0 heterocycles. The minimum absolute atomic E-state index is 0.0266. The molecular weight excluding hydrogens is 500 g/mol. The van der Waals surface area contributed by atoms with Gasteiger partial charge in [-0.1, -0.05) is 48.5 Å². The van der Waals surface area contributed by atoms with Crippen molar-refractivity contribution in [2.24, 2.45) is 0 Å². The van der Waals surface area contributed by atoms with E-state index in [1.165, 1.54) is 0 Å². The molecule has 4 aromatic carbocycles. The van der Waals surface area contributed by atoms with Gasteiger partial charge in [0.25, 0.3) is 0 Å². The predicted octanol–water partition coefficient (Wildman–Crippen LogP) is 5.37. The van der Waals surface area contributed by atoms with Gasteiger partial charge in [-0.2, -0.15) is 0 Å². The van der Waals surface area contributed by atoms with E-state index in [4.69, 9.17) is 0 Å². The van der Waals surface area contributed by atoms with Gasteiger partial charge < -0.3 is 30.2 Å². The van der Waals surface area contributed by atoms with Gasteiger partial charge >= 0.3 is 0 Å². The number of rotatable bonds is 8. The number of aryl methyl sites for hydroxylation is 2. The van der Waals surface area contributed by atoms with Crippen molar-refractivity contribution < 1.29 is 20.4 Å². The van der Waals surface area contributed by atoms with Gasteiger partial charge in [0.15, 0.2) is 0 Å². The number of para-hydroxylation sites is 2. The highest BCUT2D eigenvalue weighted by Gasteiger charge is 2.40. The molecule has 0 radical (unpaired) electrons. The Morgan fingerprint density at radius 2 is 1.05 bits per heavy atom. The first kappa shape index (κ1) is 27.6. The van der Waals surface area contributed by atoms with Crippen LogP contribution >= 0.6 is 0 Å². The summed E-state index contributed by atoms with van der Waals surface area (Å²) in [6.07, 6.45) is -2.54. The molecule has 2 atom stereocenters. The Balaban J connectivity index is 1.46. The molecule has 1 aliphatic carbocycles. The Morgan fingerprint density at radius 3 is 1.48 bits per heavy atom. The van der Waals surface area contributed by atoms with Crippen LogP contribution in [0.5, 0.6) is 11.5 Å². The second-order valence-corrected chi connectivity index (χ2v) is 10.5. The van der Waals surface area contributed by atoms with E-state index in [9.17, 15) is 20.4 Å². The fourth-order valence-electron chi connectivity index (χ4n) is 5.97. The van der Waals surface area contributed by atoms with E-state index in [-0.39, 0.29) is 11.5 Å². The first-order chi connectivity index (χ1) is 19.3. The zero-order valence-corrected chi connectivity index (χ0v) is 23.4. The lowest BCUT2D eigenvalue weighted by Gasteiger charge is -2.61. The average Bonchev–Trinajstić information content (AvgIpc) is 2.94. The highest BCUT2D eigenvalue weighted by atomic mass is 16.3. The van der Waals surface area contributed by atoms with Gasteiger partial charge in [0.1, 0.15) is 11.5 Å². The summed E-state index contributed by atoms with van der Waals surface area (Å²) in [5.41, 5.74) is 6.41. The van der Waals surface area contributed by atoms with Crippen molar-refractivity contribution in [3.63, 3.8) is 0 Å². The van der Waals surface area contributed by atoms with Gasteiger partial charge in [0, 0.05) is 48.0 Å². The van der Waals surface area contributed by atoms with Gasteiger partial charge in [-0.05, 0) is 86.1 Å². The van der Waals surface area contributed by atoms with Crippen LogP contribution in [0.15, 0.2) is 84.9 Å². The predicted molar refractivity (Wildman–Crippen MR) is 157 cm³/mol. The molecule has 0 saturated heterocycles. The number of phenols is 2. The number of benzene rings is 4. The standard InChI is InChI=1S/C34H36N2O4/c1-5-35(6-2)23-15-17-25(29(37)19-23)31-33(39)32(34(31)40)26-18-16-24(20-30(26)38)36(27-13-9-7-11-21(27)3)28-14-10-8-12-22(28)4/h7-20,31-34,37-38H,5-6H2,1-4H3/q-2. The molecule has 0 amide bonds. The molecule has 2 N–H and O–H groups in total. The molecule has 4 aromatic rings. The molecule has 5 rings (SSSR count). The SMILES string of the molecule is CCN(CC)c1ccc(C2C([O-])C(c3ccc(N(c4ccccc4C)c4ccccc4C)cc3O)C2[O-])c(O)c1. The van der Waals surface area contributed by atoms with Crippen molar-refractivity contribution >= 4 is 22.7 Å². The van der Waals surface area contributed by atoms with E-state index in [0.717, 1.165) is 47.0 Å². The number of aromatic hydroxyl groups is 2. The second kappa shape index (κ2) is 11.2. The maximum atomic E-state index is 13.4. The minimum atomic E-state index is -1.27. The van der Waals surface area contributed by atoms with E-state index < -0.39 is 24.0 Å². The van der Waals surface area contributed by atoms with Gasteiger partial charge in [-0.3, -0.25) is 0 Å². The Morgan fingerprint density at radius 1 is 0.625 bits per heavy atom. The summed E-state index contributed by atoms with van der Waals surface area (Å²) in [6, 6.07) is 26.4. The molecule has 0 aliphatic heterocycles. The summed E-state index contributed by atoms with van der Waals surface area (Å²) in [4.78, 5) is 4.17. The van der Waals surface area contributed by atoms with Crippen molar-refractivity contribution in [1.29, 1.82) is 0 Å². The van der Waals surface area contributed by atoms with E-state index in [1.807, 2.05) is 88.4 Å². The first-order valence-electron chi connectivity index (χ1n) is 13.9. The lowest BCUT2D eigenvalue weighted by atomic mass is 9.63. The highest BCUT2D eigenvalue weighted by molar-refractivity contribution is 5.80. The highest BCUT2D eigenvalue weighted by Crippen LogP contribution is 2.51. The number of phenolic OH excluding ortho intramolecular Hbond substituents is 2. The topological polar surface area (TPSA) is 93.1 Å². The maximum absolute atomic E-state index is 13.4. The van der Waals surface area contributed by atoms with Crippen LogP contribution in [-0.2, 0) is 0 Å². The zero-order valence-electron chi connectivity index (χ0n) is 23.4. The lowest BCUT2D eigenvalue weighted by Crippen LogP contribution is -2.63. The van der Waals surface area contributed by atoms with Crippen LogP contribution in [0.4, 0.5) is 22.7 Å². The molecule has 2 unspecified atom stereocenters. The normalized spacial score (nSPS) is 20.1. The lowest BCUT2D eigenvalue weighted by molar-refractivity contribution is -0.536. The monoisotopic (exact) mass is 536 g/mol. The number of anilines is 4. The van der Waals surface area contributed by atoms with Crippen LogP contribution < -0.4 is 20.0 Å². The van der Waals surface area contributed by atoms with E-state index >= 15 is 0 Å². The van der Waals surface area contributed by atoms with E-state index in [0.29, 0.717) is 11.1 Å². The molecule has 1 fully saturated rings. The molecule has 208 valence electrons. The van der Waals surface area contributed by atoms with Gasteiger partial charge in [-0.25, -0.2) is 0 Å². The van der Waals surface area contributed by atoms with Crippen LogP contribution in [0, 0.1) is 13.8 Å². The van der Waals surface area contributed by atoms with Crippen molar-refractivity contribution in [2.45, 2.75) is 51.7 Å². The number of nitrogens with zero attached hydrogens (tertiary/aromatic N) is 2. The summed E-state index contributed by atoms with van der Waals surface area (Å²) in [6.45, 7) is 9.72. The largest absolute Gasteiger partial charge is 0.851 e. The van der Waals surface area contributed by atoms with Gasteiger partial charge in [0.2, 0.25) is 0 Å². The number of hydrogen-bond donors (Lipinski definition) is 2. The maximum Gasteiger partial charge on any atom is 0.121 e. The van der Waals surface area contributed by atoms with Crippen LogP contribution in [0.1, 0.15) is 47.9 Å². The summed E-state index contributed by atoms with van der Waals surface area (Å²) in [5, 5.41) is 48.7. The molecule has 6 heteroatoms. The fraction of sp³-hybridized carbons (Fsp3) is 0.294. The Bertz CT molecular complexity index is 1440. The number of hydrogen-bond acceptors (Lipinski definition) is 6. The van der Waals surface area contributed by atoms with Crippen LogP contribution in [0.3, 0.4) is 0 Å². The molecular formula is C34H36N2O4-2. The van der Waals surface area contributed by atoms with E-state index in [1.54, 1.807) is 24.3 Å². The summed E-state index contributed by atoms with van der Waals surface area (Å²) in [7, 11) is 0. The molecule has 0 spiro atoms. The third-order valence-electron chi connectivity index (χ3n) is 8.26.